The molecule has 2 aliphatic carbocycles. The van der Waals surface area contributed by atoms with Crippen LogP contribution < -0.4 is 5.73 Å². The van der Waals surface area contributed by atoms with Crippen LogP contribution in [-0.4, -0.2) is 6.04 Å². The summed E-state index contributed by atoms with van der Waals surface area (Å²) in [5, 5.41) is 0. The van der Waals surface area contributed by atoms with E-state index in [0.29, 0.717) is 6.04 Å². The molecule has 1 nitrogen and oxygen atoms in total. The van der Waals surface area contributed by atoms with Gasteiger partial charge in [-0.15, -0.1) is 0 Å². The molecule has 52 valence electrons. The van der Waals surface area contributed by atoms with E-state index < -0.39 is 0 Å². The highest BCUT2D eigenvalue weighted by Crippen LogP contribution is 2.56. The maximum Gasteiger partial charge on any atom is 0.00754 e. The van der Waals surface area contributed by atoms with E-state index in [2.05, 4.69) is 13.8 Å². The molecule has 4 unspecified atom stereocenters. The van der Waals surface area contributed by atoms with Gasteiger partial charge in [0.2, 0.25) is 0 Å². The van der Waals surface area contributed by atoms with E-state index in [1.54, 1.807) is 0 Å². The second kappa shape index (κ2) is 1.51. The molecule has 0 aromatic heterocycles. The van der Waals surface area contributed by atoms with Gasteiger partial charge in [0.1, 0.15) is 0 Å². The molecule has 2 N–H and O–H groups in total. The predicted molar refractivity (Wildman–Crippen MR) is 37.9 cm³/mol. The fourth-order valence-electron chi connectivity index (χ4n) is 2.69. The average Bonchev–Trinajstić information content (AvgIpc) is 1.81. The van der Waals surface area contributed by atoms with Crippen molar-refractivity contribution < 1.29 is 0 Å². The van der Waals surface area contributed by atoms with Gasteiger partial charge in [0.15, 0.2) is 0 Å². The first kappa shape index (κ1) is 5.72. The quantitative estimate of drug-likeness (QED) is 0.518. The van der Waals surface area contributed by atoms with Crippen LogP contribution in [-0.2, 0) is 0 Å². The van der Waals surface area contributed by atoms with Crippen molar-refractivity contribution in [3.05, 3.63) is 0 Å². The molecule has 0 bridgehead atoms. The predicted octanol–water partition coefficient (Wildman–Crippen LogP) is 1.24. The zero-order valence-corrected chi connectivity index (χ0v) is 6.17. The van der Waals surface area contributed by atoms with E-state index in [0.717, 1.165) is 23.7 Å². The molecule has 0 saturated heterocycles. The van der Waals surface area contributed by atoms with Gasteiger partial charge in [-0.2, -0.15) is 0 Å². The third kappa shape index (κ3) is 0.493. The Morgan fingerprint density at radius 1 is 1.22 bits per heavy atom. The largest absolute Gasteiger partial charge is 0.327 e. The zero-order chi connectivity index (χ0) is 6.59. The Morgan fingerprint density at radius 3 is 2.22 bits per heavy atom. The molecule has 0 radical (unpaired) electrons. The van der Waals surface area contributed by atoms with E-state index in [1.165, 1.54) is 6.42 Å². The molecule has 0 aromatic carbocycles. The molecule has 2 rings (SSSR count). The Balaban J connectivity index is 2.02. The standard InChI is InChI=1S/C8H15N/c1-4-5(2)8-6(4)3-7(8)9/h4-8H,3,9H2,1-2H3/t4?,5-,6?,7?,8?/m0/s1. The van der Waals surface area contributed by atoms with E-state index in [1.807, 2.05) is 0 Å². The fraction of sp³-hybridized carbons (Fsp3) is 1.00. The Labute approximate surface area is 56.6 Å². The lowest BCUT2D eigenvalue weighted by atomic mass is 9.46. The summed E-state index contributed by atoms with van der Waals surface area (Å²) in [6.45, 7) is 4.70. The normalized spacial score (nSPS) is 63.7. The maximum atomic E-state index is 5.82. The van der Waals surface area contributed by atoms with E-state index in [-0.39, 0.29) is 0 Å². The van der Waals surface area contributed by atoms with E-state index in [4.69, 9.17) is 5.73 Å². The summed E-state index contributed by atoms with van der Waals surface area (Å²) >= 11 is 0. The first-order chi connectivity index (χ1) is 4.22. The minimum Gasteiger partial charge on any atom is -0.327 e. The van der Waals surface area contributed by atoms with Crippen molar-refractivity contribution >= 4 is 0 Å². The first-order valence-corrected chi connectivity index (χ1v) is 3.97. The molecular weight excluding hydrogens is 110 g/mol. The van der Waals surface area contributed by atoms with E-state index in [9.17, 15) is 0 Å². The summed E-state index contributed by atoms with van der Waals surface area (Å²) in [5.41, 5.74) is 5.82. The highest BCUT2D eigenvalue weighted by molar-refractivity contribution is 5.06. The second-order valence-corrected chi connectivity index (χ2v) is 3.86. The molecule has 9 heavy (non-hydrogen) atoms. The van der Waals surface area contributed by atoms with Gasteiger partial charge in [-0.25, -0.2) is 0 Å². The lowest BCUT2D eigenvalue weighted by Crippen LogP contribution is -2.62. The van der Waals surface area contributed by atoms with Gasteiger partial charge in [0.25, 0.3) is 0 Å². The number of nitrogens with two attached hydrogens (primary N) is 1. The van der Waals surface area contributed by atoms with Gasteiger partial charge < -0.3 is 5.73 Å². The number of hydrogen-bond donors (Lipinski definition) is 1. The molecule has 0 aromatic rings. The number of fused-ring (bicyclic) bond motifs is 1. The third-order valence-electron chi connectivity index (χ3n) is 3.64. The monoisotopic (exact) mass is 125 g/mol. The van der Waals surface area contributed by atoms with Crippen molar-refractivity contribution in [3.63, 3.8) is 0 Å². The minimum absolute atomic E-state index is 0.557. The van der Waals surface area contributed by atoms with Crippen LogP contribution in [0.25, 0.3) is 0 Å². The molecule has 0 aliphatic heterocycles. The molecule has 0 spiro atoms. The Morgan fingerprint density at radius 2 is 1.89 bits per heavy atom. The molecular formula is C8H15N. The molecule has 2 saturated carbocycles. The second-order valence-electron chi connectivity index (χ2n) is 3.86. The van der Waals surface area contributed by atoms with Gasteiger partial charge in [0.05, 0.1) is 0 Å². The van der Waals surface area contributed by atoms with Gasteiger partial charge in [0, 0.05) is 6.04 Å². The van der Waals surface area contributed by atoms with Crippen LogP contribution in [0.4, 0.5) is 0 Å². The lowest BCUT2D eigenvalue weighted by Gasteiger charge is -2.61. The van der Waals surface area contributed by atoms with Crippen molar-refractivity contribution in [2.75, 3.05) is 0 Å². The van der Waals surface area contributed by atoms with Crippen molar-refractivity contribution in [2.45, 2.75) is 26.3 Å². The van der Waals surface area contributed by atoms with Crippen LogP contribution in [0.1, 0.15) is 20.3 Å². The number of hydrogen-bond acceptors (Lipinski definition) is 1. The highest BCUT2D eigenvalue weighted by atomic mass is 14.8. The molecule has 1 heteroatoms. The van der Waals surface area contributed by atoms with Gasteiger partial charge in [-0.3, -0.25) is 0 Å². The highest BCUT2D eigenvalue weighted by Gasteiger charge is 2.55. The van der Waals surface area contributed by atoms with E-state index >= 15 is 0 Å². The molecule has 2 fully saturated rings. The minimum atomic E-state index is 0.557. The molecule has 5 atom stereocenters. The van der Waals surface area contributed by atoms with Crippen LogP contribution in [0.5, 0.6) is 0 Å². The maximum absolute atomic E-state index is 5.82. The van der Waals surface area contributed by atoms with Gasteiger partial charge in [-0.1, -0.05) is 13.8 Å². The van der Waals surface area contributed by atoms with Crippen LogP contribution in [0.2, 0.25) is 0 Å². The molecule has 0 amide bonds. The van der Waals surface area contributed by atoms with Crippen LogP contribution in [0.15, 0.2) is 0 Å². The van der Waals surface area contributed by atoms with Crippen LogP contribution >= 0.6 is 0 Å². The summed E-state index contributed by atoms with van der Waals surface area (Å²) in [6.07, 6.45) is 1.30. The average molecular weight is 125 g/mol. The number of rotatable bonds is 0. The van der Waals surface area contributed by atoms with Gasteiger partial charge in [-0.05, 0) is 30.1 Å². The van der Waals surface area contributed by atoms with Crippen molar-refractivity contribution in [2.24, 2.45) is 29.4 Å². The van der Waals surface area contributed by atoms with Gasteiger partial charge >= 0.3 is 0 Å². The van der Waals surface area contributed by atoms with Crippen LogP contribution in [0, 0.1) is 23.7 Å². The summed E-state index contributed by atoms with van der Waals surface area (Å²) in [6, 6.07) is 0.557. The molecule has 0 heterocycles. The third-order valence-corrected chi connectivity index (χ3v) is 3.64. The van der Waals surface area contributed by atoms with Crippen molar-refractivity contribution in [1.82, 2.24) is 0 Å². The van der Waals surface area contributed by atoms with Crippen LogP contribution in [0.3, 0.4) is 0 Å². The Hall–Kier alpha value is -0.0400. The Kier molecular flexibility index (Phi) is 0.963. The first-order valence-electron chi connectivity index (χ1n) is 3.97. The topological polar surface area (TPSA) is 26.0 Å². The molecule has 2 aliphatic rings. The SMILES string of the molecule is CC1C2CC(N)C2[C@H]1C. The lowest BCUT2D eigenvalue weighted by molar-refractivity contribution is -0.0997. The smallest absolute Gasteiger partial charge is 0.00754 e. The Bertz CT molecular complexity index is 127. The zero-order valence-electron chi connectivity index (χ0n) is 6.17. The summed E-state index contributed by atoms with van der Waals surface area (Å²) in [4.78, 5) is 0. The summed E-state index contributed by atoms with van der Waals surface area (Å²) in [7, 11) is 0. The van der Waals surface area contributed by atoms with Crippen molar-refractivity contribution in [1.29, 1.82) is 0 Å². The summed E-state index contributed by atoms with van der Waals surface area (Å²) in [5.74, 6) is 3.79. The van der Waals surface area contributed by atoms with Crippen molar-refractivity contribution in [3.8, 4) is 0 Å². The fourth-order valence-corrected chi connectivity index (χ4v) is 2.69. The summed E-state index contributed by atoms with van der Waals surface area (Å²) < 4.78 is 0.